The zero-order chi connectivity index (χ0) is 11.3. The summed E-state index contributed by atoms with van der Waals surface area (Å²) >= 11 is 0. The predicted octanol–water partition coefficient (Wildman–Crippen LogP) is 3.29. The molecule has 2 nitrogen and oxygen atoms in total. The SMILES string of the molecule is CCc1ccccc1[P+](=O)OCC(C)C. The van der Waals surface area contributed by atoms with Crippen molar-refractivity contribution in [3.8, 4) is 0 Å². The van der Waals surface area contributed by atoms with Crippen molar-refractivity contribution >= 4 is 13.3 Å². The molecule has 0 aliphatic carbocycles. The van der Waals surface area contributed by atoms with E-state index in [0.717, 1.165) is 17.3 Å². The summed E-state index contributed by atoms with van der Waals surface area (Å²) in [5.41, 5.74) is 1.11. The largest absolute Gasteiger partial charge is 0.549 e. The summed E-state index contributed by atoms with van der Waals surface area (Å²) < 4.78 is 17.2. The van der Waals surface area contributed by atoms with Crippen LogP contribution in [0.1, 0.15) is 26.3 Å². The highest BCUT2D eigenvalue weighted by Crippen LogP contribution is 2.24. The smallest absolute Gasteiger partial charge is 0.142 e. The first-order valence-electron chi connectivity index (χ1n) is 5.33. The van der Waals surface area contributed by atoms with Gasteiger partial charge in [-0.1, -0.05) is 39.0 Å². The average Bonchev–Trinajstić information content (AvgIpc) is 2.25. The minimum absolute atomic E-state index is 0.415. The number of aryl methyl sites for hydroxylation is 1. The number of rotatable bonds is 5. The molecule has 0 aromatic heterocycles. The van der Waals surface area contributed by atoms with Gasteiger partial charge in [-0.3, -0.25) is 0 Å². The molecule has 15 heavy (non-hydrogen) atoms. The Labute approximate surface area is 92.5 Å². The molecule has 0 aliphatic heterocycles. The molecule has 0 fully saturated rings. The monoisotopic (exact) mass is 225 g/mol. The van der Waals surface area contributed by atoms with Gasteiger partial charge in [0, 0.05) is 5.56 Å². The van der Waals surface area contributed by atoms with E-state index in [0.29, 0.717) is 12.5 Å². The Morgan fingerprint density at radius 2 is 2.00 bits per heavy atom. The minimum Gasteiger partial charge on any atom is -0.142 e. The molecule has 1 unspecified atom stereocenters. The molecule has 3 heteroatoms. The molecule has 1 aromatic carbocycles. The highest BCUT2D eigenvalue weighted by atomic mass is 31.1. The third-order valence-electron chi connectivity index (χ3n) is 2.09. The Hall–Kier alpha value is -0.720. The lowest BCUT2D eigenvalue weighted by Gasteiger charge is -1.98. The van der Waals surface area contributed by atoms with Crippen molar-refractivity contribution in [2.24, 2.45) is 5.92 Å². The average molecular weight is 225 g/mol. The Bertz CT molecular complexity index is 334. The van der Waals surface area contributed by atoms with Crippen molar-refractivity contribution in [2.75, 3.05) is 6.61 Å². The van der Waals surface area contributed by atoms with Gasteiger partial charge >= 0.3 is 8.03 Å². The zero-order valence-electron chi connectivity index (χ0n) is 9.56. The molecule has 0 saturated carbocycles. The lowest BCUT2D eigenvalue weighted by atomic mass is 10.2. The standard InChI is InChI=1S/C12H18O2P/c1-4-11-7-5-6-8-12(11)15(13)14-9-10(2)3/h5-8,10H,4,9H2,1-3H3/q+1. The second kappa shape index (κ2) is 5.99. The fourth-order valence-electron chi connectivity index (χ4n) is 1.27. The van der Waals surface area contributed by atoms with Gasteiger partial charge < -0.3 is 0 Å². The third kappa shape index (κ3) is 3.73. The second-order valence-corrected chi connectivity index (χ2v) is 5.18. The number of hydrogen-bond donors (Lipinski definition) is 0. The summed E-state index contributed by atoms with van der Waals surface area (Å²) in [6.07, 6.45) is 0.891. The van der Waals surface area contributed by atoms with Crippen molar-refractivity contribution in [1.29, 1.82) is 0 Å². The first-order valence-corrected chi connectivity index (χ1v) is 6.51. The fraction of sp³-hybridized carbons (Fsp3) is 0.500. The highest BCUT2D eigenvalue weighted by Gasteiger charge is 2.25. The van der Waals surface area contributed by atoms with Gasteiger partial charge in [0.1, 0.15) is 6.61 Å². The molecule has 1 rings (SSSR count). The van der Waals surface area contributed by atoms with E-state index in [4.69, 9.17) is 4.52 Å². The van der Waals surface area contributed by atoms with Crippen LogP contribution in [0.25, 0.3) is 0 Å². The first-order chi connectivity index (χ1) is 7.15. The van der Waals surface area contributed by atoms with Gasteiger partial charge in [-0.15, -0.1) is 4.52 Å². The topological polar surface area (TPSA) is 26.3 Å². The normalized spacial score (nSPS) is 11.9. The van der Waals surface area contributed by atoms with Gasteiger partial charge in [0.25, 0.3) is 0 Å². The Kier molecular flexibility index (Phi) is 4.93. The van der Waals surface area contributed by atoms with E-state index in [-0.39, 0.29) is 0 Å². The van der Waals surface area contributed by atoms with Crippen LogP contribution < -0.4 is 5.30 Å². The molecule has 0 saturated heterocycles. The molecule has 0 N–H and O–H groups in total. The quantitative estimate of drug-likeness (QED) is 0.719. The molecule has 0 spiro atoms. The van der Waals surface area contributed by atoms with Gasteiger partial charge in [0.05, 0.1) is 0 Å². The van der Waals surface area contributed by atoms with Crippen LogP contribution in [0.4, 0.5) is 0 Å². The fourth-order valence-corrected chi connectivity index (χ4v) is 2.52. The number of hydrogen-bond acceptors (Lipinski definition) is 2. The van der Waals surface area contributed by atoms with Crippen LogP contribution in [0.3, 0.4) is 0 Å². The summed E-state index contributed by atoms with van der Waals surface area (Å²) in [6, 6.07) is 7.76. The highest BCUT2D eigenvalue weighted by molar-refractivity contribution is 7.48. The van der Waals surface area contributed by atoms with Crippen LogP contribution in [0, 0.1) is 5.92 Å². The van der Waals surface area contributed by atoms with Crippen LogP contribution in [0.15, 0.2) is 24.3 Å². The van der Waals surface area contributed by atoms with Gasteiger partial charge in [-0.25, -0.2) is 0 Å². The first kappa shape index (κ1) is 12.4. The summed E-state index contributed by atoms with van der Waals surface area (Å²) in [6.45, 7) is 6.71. The van der Waals surface area contributed by atoms with Crippen molar-refractivity contribution in [3.63, 3.8) is 0 Å². The van der Waals surface area contributed by atoms with Crippen molar-refractivity contribution < 1.29 is 9.09 Å². The van der Waals surface area contributed by atoms with E-state index in [1.54, 1.807) is 0 Å². The Morgan fingerprint density at radius 1 is 1.33 bits per heavy atom. The maximum atomic E-state index is 11.9. The van der Waals surface area contributed by atoms with Crippen LogP contribution in [0.2, 0.25) is 0 Å². The maximum absolute atomic E-state index is 11.9. The molecular formula is C12H18O2P+. The molecule has 0 radical (unpaired) electrons. The van der Waals surface area contributed by atoms with Crippen molar-refractivity contribution in [2.45, 2.75) is 27.2 Å². The Morgan fingerprint density at radius 3 is 2.60 bits per heavy atom. The minimum atomic E-state index is -1.68. The third-order valence-corrected chi connectivity index (χ3v) is 3.31. The lowest BCUT2D eigenvalue weighted by molar-refractivity contribution is 0.287. The Balaban J connectivity index is 2.72. The molecule has 0 aliphatic rings. The molecule has 82 valence electrons. The van der Waals surface area contributed by atoms with E-state index in [1.165, 1.54) is 0 Å². The molecule has 0 amide bonds. The van der Waals surface area contributed by atoms with Crippen LogP contribution in [-0.4, -0.2) is 6.61 Å². The van der Waals surface area contributed by atoms with E-state index >= 15 is 0 Å². The lowest BCUT2D eigenvalue weighted by Crippen LogP contribution is -2.07. The molecule has 0 heterocycles. The van der Waals surface area contributed by atoms with E-state index in [9.17, 15) is 4.57 Å². The van der Waals surface area contributed by atoms with E-state index in [2.05, 4.69) is 20.8 Å². The van der Waals surface area contributed by atoms with Crippen molar-refractivity contribution in [1.82, 2.24) is 0 Å². The summed E-state index contributed by atoms with van der Waals surface area (Å²) in [5, 5.41) is 0.843. The van der Waals surface area contributed by atoms with Crippen molar-refractivity contribution in [3.05, 3.63) is 29.8 Å². The van der Waals surface area contributed by atoms with E-state index < -0.39 is 8.03 Å². The van der Waals surface area contributed by atoms with Crippen LogP contribution >= 0.6 is 8.03 Å². The van der Waals surface area contributed by atoms with Gasteiger partial charge in [0.2, 0.25) is 5.30 Å². The molecular weight excluding hydrogens is 207 g/mol. The van der Waals surface area contributed by atoms with E-state index in [1.807, 2.05) is 24.3 Å². The molecule has 0 bridgehead atoms. The predicted molar refractivity (Wildman–Crippen MR) is 63.9 cm³/mol. The summed E-state index contributed by atoms with van der Waals surface area (Å²) in [5.74, 6) is 0.415. The number of benzene rings is 1. The second-order valence-electron chi connectivity index (χ2n) is 3.93. The molecule has 1 atom stereocenters. The maximum Gasteiger partial charge on any atom is 0.549 e. The van der Waals surface area contributed by atoms with Gasteiger partial charge in [0.15, 0.2) is 0 Å². The summed E-state index contributed by atoms with van der Waals surface area (Å²) in [4.78, 5) is 0. The van der Waals surface area contributed by atoms with Crippen LogP contribution in [-0.2, 0) is 15.5 Å². The van der Waals surface area contributed by atoms with Gasteiger partial charge in [-0.2, -0.15) is 0 Å². The summed E-state index contributed by atoms with van der Waals surface area (Å²) in [7, 11) is -1.68. The molecule has 1 aromatic rings. The zero-order valence-corrected chi connectivity index (χ0v) is 10.5. The van der Waals surface area contributed by atoms with Crippen LogP contribution in [0.5, 0.6) is 0 Å². The van der Waals surface area contributed by atoms with Gasteiger partial charge in [-0.05, 0) is 23.0 Å².